The van der Waals surface area contributed by atoms with Gasteiger partial charge in [0.05, 0.1) is 11.0 Å². The molecule has 0 saturated carbocycles. The van der Waals surface area contributed by atoms with E-state index >= 15 is 0 Å². The van der Waals surface area contributed by atoms with E-state index < -0.39 is 11.8 Å². The fourth-order valence-electron chi connectivity index (χ4n) is 2.26. The maximum Gasteiger partial charge on any atom is 0.333 e. The fourth-order valence-corrected chi connectivity index (χ4v) is 2.26. The number of H-pyrrole nitrogens is 1. The lowest BCUT2D eigenvalue weighted by Crippen LogP contribution is -2.33. The molecule has 6 heteroatoms. The first-order chi connectivity index (χ1) is 8.66. The number of hydrogen-bond donors (Lipinski definition) is 2. The summed E-state index contributed by atoms with van der Waals surface area (Å²) < 4.78 is 6.43. The molecule has 3 N–H and O–H groups in total. The Kier molecular flexibility index (Phi) is 2.45. The molecule has 94 valence electrons. The SMILES string of the molecule is Nc1ccc2[nH]c(=O)n(C(=O)C3CCCO3)c2c1. The number of carbonyl (C=O) groups excluding carboxylic acids is 1. The van der Waals surface area contributed by atoms with E-state index in [0.29, 0.717) is 29.7 Å². The number of imidazole rings is 1. The molecule has 1 saturated heterocycles. The summed E-state index contributed by atoms with van der Waals surface area (Å²) in [5.74, 6) is -0.325. The summed E-state index contributed by atoms with van der Waals surface area (Å²) in [6.45, 7) is 0.565. The summed E-state index contributed by atoms with van der Waals surface area (Å²) in [5, 5.41) is 0. The van der Waals surface area contributed by atoms with Gasteiger partial charge in [-0.2, -0.15) is 0 Å². The Hall–Kier alpha value is -2.08. The summed E-state index contributed by atoms with van der Waals surface area (Å²) in [6.07, 6.45) is 0.971. The van der Waals surface area contributed by atoms with E-state index in [-0.39, 0.29) is 5.91 Å². The van der Waals surface area contributed by atoms with Gasteiger partial charge >= 0.3 is 5.69 Å². The van der Waals surface area contributed by atoms with E-state index in [4.69, 9.17) is 10.5 Å². The molecule has 0 aliphatic carbocycles. The minimum atomic E-state index is -0.525. The van der Waals surface area contributed by atoms with Crippen LogP contribution < -0.4 is 11.4 Å². The molecule has 3 rings (SSSR count). The van der Waals surface area contributed by atoms with Crippen molar-refractivity contribution in [1.29, 1.82) is 0 Å². The standard InChI is InChI=1S/C12H13N3O3/c13-7-3-4-8-9(6-7)15(12(17)14-8)11(16)10-2-1-5-18-10/h3-4,6,10H,1-2,5,13H2,(H,14,17). The Morgan fingerprint density at radius 2 is 2.33 bits per heavy atom. The van der Waals surface area contributed by atoms with E-state index in [1.807, 2.05) is 0 Å². The zero-order chi connectivity index (χ0) is 12.7. The number of nitrogens with one attached hydrogen (secondary N) is 1. The monoisotopic (exact) mass is 247 g/mol. The van der Waals surface area contributed by atoms with E-state index in [1.165, 1.54) is 0 Å². The smallest absolute Gasteiger partial charge is 0.333 e. The van der Waals surface area contributed by atoms with Crippen LogP contribution in [0.4, 0.5) is 5.69 Å². The Morgan fingerprint density at radius 1 is 1.50 bits per heavy atom. The summed E-state index contributed by atoms with van der Waals surface area (Å²) in [4.78, 5) is 26.7. The van der Waals surface area contributed by atoms with Crippen molar-refractivity contribution >= 4 is 22.6 Å². The second-order valence-electron chi connectivity index (χ2n) is 4.38. The second-order valence-corrected chi connectivity index (χ2v) is 4.38. The van der Waals surface area contributed by atoms with Crippen molar-refractivity contribution in [2.45, 2.75) is 18.9 Å². The molecule has 0 radical (unpaired) electrons. The number of aromatic amines is 1. The maximum atomic E-state index is 12.2. The molecule has 1 aromatic heterocycles. The number of benzene rings is 1. The average molecular weight is 247 g/mol. The van der Waals surface area contributed by atoms with Crippen LogP contribution in [0.3, 0.4) is 0 Å². The minimum absolute atomic E-state index is 0.325. The van der Waals surface area contributed by atoms with Gasteiger partial charge in [-0.15, -0.1) is 0 Å². The Morgan fingerprint density at radius 3 is 3.06 bits per heavy atom. The fraction of sp³-hybridized carbons (Fsp3) is 0.333. The van der Waals surface area contributed by atoms with Gasteiger partial charge in [0, 0.05) is 12.3 Å². The Labute approximate surface area is 102 Å². The number of aromatic nitrogens is 2. The van der Waals surface area contributed by atoms with Gasteiger partial charge in [0.15, 0.2) is 0 Å². The number of anilines is 1. The van der Waals surface area contributed by atoms with Crippen LogP contribution in [0.1, 0.15) is 17.6 Å². The van der Waals surface area contributed by atoms with Gasteiger partial charge in [0.2, 0.25) is 0 Å². The van der Waals surface area contributed by atoms with Crippen LogP contribution >= 0.6 is 0 Å². The third-order valence-corrected chi connectivity index (χ3v) is 3.13. The quantitative estimate of drug-likeness (QED) is 0.727. The minimum Gasteiger partial charge on any atom is -0.399 e. The molecule has 1 fully saturated rings. The predicted octanol–water partition coefficient (Wildman–Crippen LogP) is 0.731. The number of hydrogen-bond acceptors (Lipinski definition) is 4. The van der Waals surface area contributed by atoms with Crippen LogP contribution in [0, 0.1) is 0 Å². The van der Waals surface area contributed by atoms with Crippen LogP contribution in [0.2, 0.25) is 0 Å². The summed E-state index contributed by atoms with van der Waals surface area (Å²) in [5.41, 5.74) is 6.84. The number of nitrogens with two attached hydrogens (primary N) is 1. The van der Waals surface area contributed by atoms with E-state index in [0.717, 1.165) is 11.0 Å². The summed E-state index contributed by atoms with van der Waals surface area (Å²) in [6, 6.07) is 4.98. The van der Waals surface area contributed by atoms with Crippen LogP contribution in [0.25, 0.3) is 11.0 Å². The summed E-state index contributed by atoms with van der Waals surface area (Å²) >= 11 is 0. The molecule has 0 spiro atoms. The summed E-state index contributed by atoms with van der Waals surface area (Å²) in [7, 11) is 0. The molecule has 0 amide bonds. The van der Waals surface area contributed by atoms with E-state index in [2.05, 4.69) is 4.98 Å². The molecule has 18 heavy (non-hydrogen) atoms. The zero-order valence-electron chi connectivity index (χ0n) is 9.68. The van der Waals surface area contributed by atoms with Gasteiger partial charge in [-0.1, -0.05) is 0 Å². The first kappa shape index (κ1) is 11.0. The van der Waals surface area contributed by atoms with Gasteiger partial charge in [-0.3, -0.25) is 4.79 Å². The van der Waals surface area contributed by atoms with Crippen molar-refractivity contribution in [1.82, 2.24) is 9.55 Å². The largest absolute Gasteiger partial charge is 0.399 e. The van der Waals surface area contributed by atoms with E-state index in [1.54, 1.807) is 18.2 Å². The van der Waals surface area contributed by atoms with Crippen molar-refractivity contribution < 1.29 is 9.53 Å². The van der Waals surface area contributed by atoms with Crippen molar-refractivity contribution in [3.63, 3.8) is 0 Å². The Balaban J connectivity index is 2.15. The molecular weight excluding hydrogens is 234 g/mol. The molecular formula is C12H13N3O3. The van der Waals surface area contributed by atoms with Gasteiger partial charge in [-0.05, 0) is 31.0 Å². The molecule has 1 aliphatic rings. The van der Waals surface area contributed by atoms with Crippen LogP contribution in [-0.4, -0.2) is 28.2 Å². The highest BCUT2D eigenvalue weighted by Crippen LogP contribution is 2.18. The third kappa shape index (κ3) is 1.62. The number of fused-ring (bicyclic) bond motifs is 1. The molecule has 2 aromatic rings. The highest BCUT2D eigenvalue weighted by molar-refractivity contribution is 5.93. The number of nitrogens with zero attached hydrogens (tertiary/aromatic N) is 1. The van der Waals surface area contributed by atoms with Crippen molar-refractivity contribution in [2.24, 2.45) is 0 Å². The number of carbonyl (C=O) groups is 1. The lowest BCUT2D eigenvalue weighted by atomic mass is 10.2. The lowest BCUT2D eigenvalue weighted by Gasteiger charge is -2.08. The van der Waals surface area contributed by atoms with Gasteiger partial charge in [0.1, 0.15) is 6.10 Å². The highest BCUT2D eigenvalue weighted by atomic mass is 16.5. The Bertz CT molecular complexity index is 665. The van der Waals surface area contributed by atoms with Crippen LogP contribution in [-0.2, 0) is 4.74 Å². The zero-order valence-corrected chi connectivity index (χ0v) is 9.68. The number of rotatable bonds is 1. The van der Waals surface area contributed by atoms with Crippen molar-refractivity contribution in [3.8, 4) is 0 Å². The first-order valence-corrected chi connectivity index (χ1v) is 5.83. The average Bonchev–Trinajstić information content (AvgIpc) is 2.94. The number of ether oxygens (including phenoxy) is 1. The molecule has 0 bridgehead atoms. The van der Waals surface area contributed by atoms with Crippen molar-refractivity contribution in [2.75, 3.05) is 12.3 Å². The molecule has 6 nitrogen and oxygen atoms in total. The predicted molar refractivity (Wildman–Crippen MR) is 66.6 cm³/mol. The van der Waals surface area contributed by atoms with Gasteiger partial charge in [-0.25, -0.2) is 9.36 Å². The topological polar surface area (TPSA) is 90.1 Å². The van der Waals surface area contributed by atoms with Gasteiger partial charge in [0.25, 0.3) is 5.91 Å². The third-order valence-electron chi connectivity index (χ3n) is 3.13. The number of nitrogen functional groups attached to an aromatic ring is 1. The molecule has 1 atom stereocenters. The van der Waals surface area contributed by atoms with Gasteiger partial charge < -0.3 is 15.5 Å². The maximum absolute atomic E-state index is 12.2. The van der Waals surface area contributed by atoms with Crippen LogP contribution in [0.15, 0.2) is 23.0 Å². The molecule has 1 unspecified atom stereocenters. The highest BCUT2D eigenvalue weighted by Gasteiger charge is 2.27. The van der Waals surface area contributed by atoms with Crippen LogP contribution in [0.5, 0.6) is 0 Å². The van der Waals surface area contributed by atoms with Crippen molar-refractivity contribution in [3.05, 3.63) is 28.7 Å². The molecule has 2 heterocycles. The lowest BCUT2D eigenvalue weighted by molar-refractivity contribution is 0.0556. The first-order valence-electron chi connectivity index (χ1n) is 5.83. The second kappa shape index (κ2) is 3.99. The normalized spacial score (nSPS) is 19.4. The molecule has 1 aromatic carbocycles. The molecule has 1 aliphatic heterocycles. The van der Waals surface area contributed by atoms with E-state index in [9.17, 15) is 9.59 Å².